The third kappa shape index (κ3) is 3.41. The van der Waals surface area contributed by atoms with Crippen LogP contribution >= 0.6 is 0 Å². The van der Waals surface area contributed by atoms with Gasteiger partial charge in [-0.15, -0.1) is 0 Å². The van der Waals surface area contributed by atoms with E-state index in [4.69, 9.17) is 4.52 Å². The molecule has 1 saturated carbocycles. The third-order valence-corrected chi connectivity index (χ3v) is 4.31. The largest absolute Gasteiger partial charge is 0.339 e. The van der Waals surface area contributed by atoms with Gasteiger partial charge in [0.15, 0.2) is 0 Å². The molecule has 6 nitrogen and oxygen atoms in total. The zero-order chi connectivity index (χ0) is 16.4. The Balaban J connectivity index is 1.92. The smallest absolute Gasteiger partial charge is 0.228 e. The van der Waals surface area contributed by atoms with Crippen LogP contribution in [0.3, 0.4) is 0 Å². The van der Waals surface area contributed by atoms with E-state index in [9.17, 15) is 4.79 Å². The van der Waals surface area contributed by atoms with Crippen LogP contribution in [0.4, 0.5) is 5.82 Å². The second-order valence-electron chi connectivity index (χ2n) is 6.27. The number of carbonyl (C=O) groups excluding carboxylic acids is 1. The fraction of sp³-hybridized carbons (Fsp3) is 0.529. The van der Waals surface area contributed by atoms with E-state index in [1.54, 1.807) is 6.92 Å². The van der Waals surface area contributed by atoms with Gasteiger partial charge in [-0.3, -0.25) is 4.79 Å². The SMILES string of the molecule is Cc1cc(C)c(-c2noc(C)n2)c(NC(=O)C2CCCCC2)n1. The Morgan fingerprint density at radius 2 is 1.91 bits per heavy atom. The van der Waals surface area contributed by atoms with Crippen LogP contribution < -0.4 is 5.32 Å². The summed E-state index contributed by atoms with van der Waals surface area (Å²) in [6.45, 7) is 5.62. The molecule has 0 spiro atoms. The molecule has 2 aromatic rings. The summed E-state index contributed by atoms with van der Waals surface area (Å²) >= 11 is 0. The Morgan fingerprint density at radius 1 is 1.17 bits per heavy atom. The topological polar surface area (TPSA) is 80.9 Å². The van der Waals surface area contributed by atoms with Crippen molar-refractivity contribution in [3.05, 3.63) is 23.2 Å². The molecule has 1 fully saturated rings. The number of amides is 1. The van der Waals surface area contributed by atoms with Crippen LogP contribution in [0.15, 0.2) is 10.6 Å². The highest BCUT2D eigenvalue weighted by molar-refractivity contribution is 5.95. The second-order valence-corrected chi connectivity index (χ2v) is 6.27. The lowest BCUT2D eigenvalue weighted by atomic mass is 9.88. The van der Waals surface area contributed by atoms with E-state index in [2.05, 4.69) is 20.4 Å². The zero-order valence-corrected chi connectivity index (χ0v) is 13.8. The van der Waals surface area contributed by atoms with Crippen molar-refractivity contribution in [2.45, 2.75) is 52.9 Å². The summed E-state index contributed by atoms with van der Waals surface area (Å²) in [5, 5.41) is 6.98. The predicted molar refractivity (Wildman–Crippen MR) is 86.9 cm³/mol. The Kier molecular flexibility index (Phi) is 4.41. The molecule has 1 N–H and O–H groups in total. The highest BCUT2D eigenvalue weighted by atomic mass is 16.5. The first-order valence-electron chi connectivity index (χ1n) is 8.14. The van der Waals surface area contributed by atoms with Crippen LogP contribution in [0.5, 0.6) is 0 Å². The molecule has 3 rings (SSSR count). The van der Waals surface area contributed by atoms with E-state index in [1.165, 1.54) is 6.42 Å². The molecule has 0 unspecified atom stereocenters. The van der Waals surface area contributed by atoms with Crippen molar-refractivity contribution in [1.29, 1.82) is 0 Å². The van der Waals surface area contributed by atoms with E-state index in [0.717, 1.165) is 42.5 Å². The van der Waals surface area contributed by atoms with Gasteiger partial charge in [0.2, 0.25) is 17.6 Å². The molecule has 0 aromatic carbocycles. The standard InChI is InChI=1S/C17H22N4O2/c1-10-9-11(2)18-15(14(10)16-19-12(3)23-21-16)20-17(22)13-7-5-4-6-8-13/h9,13H,4-8H2,1-3H3,(H,18,20,22). The van der Waals surface area contributed by atoms with Crippen molar-refractivity contribution in [2.75, 3.05) is 5.32 Å². The lowest BCUT2D eigenvalue weighted by Gasteiger charge is -2.21. The van der Waals surface area contributed by atoms with Gasteiger partial charge in [0.05, 0.1) is 5.56 Å². The number of rotatable bonds is 3. The molecule has 0 radical (unpaired) electrons. The van der Waals surface area contributed by atoms with Crippen LogP contribution in [0.1, 0.15) is 49.3 Å². The monoisotopic (exact) mass is 314 g/mol. The first kappa shape index (κ1) is 15.6. The molecule has 1 amide bonds. The predicted octanol–water partition coefficient (Wildman–Crippen LogP) is 3.58. The van der Waals surface area contributed by atoms with Gasteiger partial charge < -0.3 is 9.84 Å². The normalized spacial score (nSPS) is 15.6. The van der Waals surface area contributed by atoms with Crippen LogP contribution in [0, 0.1) is 26.7 Å². The average Bonchev–Trinajstić information content (AvgIpc) is 2.93. The van der Waals surface area contributed by atoms with E-state index < -0.39 is 0 Å². The van der Waals surface area contributed by atoms with Crippen molar-refractivity contribution >= 4 is 11.7 Å². The lowest BCUT2D eigenvalue weighted by Crippen LogP contribution is -2.25. The minimum Gasteiger partial charge on any atom is -0.339 e. The van der Waals surface area contributed by atoms with Crippen molar-refractivity contribution in [3.8, 4) is 11.4 Å². The van der Waals surface area contributed by atoms with Gasteiger partial charge in [0.1, 0.15) is 5.82 Å². The van der Waals surface area contributed by atoms with Crippen LogP contribution in [-0.4, -0.2) is 21.0 Å². The summed E-state index contributed by atoms with van der Waals surface area (Å²) < 4.78 is 5.08. The van der Waals surface area contributed by atoms with Crippen LogP contribution in [-0.2, 0) is 4.79 Å². The molecule has 0 aliphatic heterocycles. The number of aromatic nitrogens is 3. The van der Waals surface area contributed by atoms with E-state index in [-0.39, 0.29) is 11.8 Å². The summed E-state index contributed by atoms with van der Waals surface area (Å²) in [5.41, 5.74) is 2.55. The molecular formula is C17H22N4O2. The molecule has 0 saturated heterocycles. The van der Waals surface area contributed by atoms with E-state index in [0.29, 0.717) is 17.5 Å². The molecular weight excluding hydrogens is 292 g/mol. The number of pyridine rings is 1. The summed E-state index contributed by atoms with van der Waals surface area (Å²) in [6, 6.07) is 1.96. The van der Waals surface area contributed by atoms with Crippen molar-refractivity contribution in [1.82, 2.24) is 15.1 Å². The molecule has 23 heavy (non-hydrogen) atoms. The fourth-order valence-corrected chi connectivity index (χ4v) is 3.19. The van der Waals surface area contributed by atoms with Gasteiger partial charge in [-0.2, -0.15) is 4.98 Å². The maximum absolute atomic E-state index is 12.6. The minimum atomic E-state index is 0.0451. The Morgan fingerprint density at radius 3 is 2.57 bits per heavy atom. The maximum atomic E-state index is 12.6. The first-order valence-corrected chi connectivity index (χ1v) is 8.14. The Bertz CT molecular complexity index is 717. The van der Waals surface area contributed by atoms with E-state index in [1.807, 2.05) is 19.9 Å². The number of nitrogens with zero attached hydrogens (tertiary/aromatic N) is 3. The average molecular weight is 314 g/mol. The number of hydrogen-bond donors (Lipinski definition) is 1. The highest BCUT2D eigenvalue weighted by Gasteiger charge is 2.24. The number of carbonyl (C=O) groups is 1. The number of nitrogens with one attached hydrogen (secondary N) is 1. The third-order valence-electron chi connectivity index (χ3n) is 4.31. The molecule has 2 heterocycles. The van der Waals surface area contributed by atoms with E-state index >= 15 is 0 Å². The molecule has 0 atom stereocenters. The van der Waals surface area contributed by atoms with Crippen LogP contribution in [0.25, 0.3) is 11.4 Å². The number of aryl methyl sites for hydroxylation is 3. The molecule has 1 aliphatic carbocycles. The maximum Gasteiger partial charge on any atom is 0.228 e. The van der Waals surface area contributed by atoms with Crippen LogP contribution in [0.2, 0.25) is 0 Å². The highest BCUT2D eigenvalue weighted by Crippen LogP contribution is 2.30. The van der Waals surface area contributed by atoms with Crippen molar-refractivity contribution in [2.24, 2.45) is 5.92 Å². The molecule has 1 aliphatic rings. The van der Waals surface area contributed by atoms with Gasteiger partial charge >= 0.3 is 0 Å². The van der Waals surface area contributed by atoms with Crippen molar-refractivity contribution in [3.63, 3.8) is 0 Å². The number of hydrogen-bond acceptors (Lipinski definition) is 5. The van der Waals surface area contributed by atoms with Gasteiger partial charge in [0, 0.05) is 18.5 Å². The second kappa shape index (κ2) is 6.48. The lowest BCUT2D eigenvalue weighted by molar-refractivity contribution is -0.120. The summed E-state index contributed by atoms with van der Waals surface area (Å²) in [6.07, 6.45) is 5.37. The van der Waals surface area contributed by atoms with Crippen molar-refractivity contribution < 1.29 is 9.32 Å². The molecule has 0 bridgehead atoms. The fourth-order valence-electron chi connectivity index (χ4n) is 3.19. The summed E-state index contributed by atoms with van der Waals surface area (Å²) in [5.74, 6) is 1.60. The molecule has 6 heteroatoms. The van der Waals surface area contributed by atoms with Gasteiger partial charge in [-0.1, -0.05) is 24.4 Å². The zero-order valence-electron chi connectivity index (χ0n) is 13.8. The van der Waals surface area contributed by atoms with Gasteiger partial charge in [-0.05, 0) is 38.3 Å². The summed E-state index contributed by atoms with van der Waals surface area (Å²) in [4.78, 5) is 21.3. The molecule has 2 aromatic heterocycles. The Labute approximate surface area is 135 Å². The minimum absolute atomic E-state index is 0.0451. The summed E-state index contributed by atoms with van der Waals surface area (Å²) in [7, 11) is 0. The molecule has 122 valence electrons. The van der Waals surface area contributed by atoms with Gasteiger partial charge in [-0.25, -0.2) is 4.98 Å². The number of anilines is 1. The Hall–Kier alpha value is -2.24. The quantitative estimate of drug-likeness (QED) is 0.936. The van der Waals surface area contributed by atoms with Gasteiger partial charge in [0.25, 0.3) is 0 Å². The first-order chi connectivity index (χ1) is 11.0.